The van der Waals surface area contributed by atoms with Crippen molar-refractivity contribution >= 4 is 23.1 Å². The zero-order valence-electron chi connectivity index (χ0n) is 18.9. The van der Waals surface area contributed by atoms with Crippen molar-refractivity contribution in [1.82, 2.24) is 15.1 Å². The Kier molecular flexibility index (Phi) is 7.80. The van der Waals surface area contributed by atoms with Crippen LogP contribution in [0.3, 0.4) is 0 Å². The molecule has 2 aliphatic rings. The lowest BCUT2D eigenvalue weighted by molar-refractivity contribution is 0.163. The van der Waals surface area contributed by atoms with Crippen LogP contribution in [-0.4, -0.2) is 61.1 Å². The van der Waals surface area contributed by atoms with Gasteiger partial charge in [0.05, 0.1) is 0 Å². The summed E-state index contributed by atoms with van der Waals surface area (Å²) >= 11 is 1.80. The number of hydrogen-bond donors (Lipinski definition) is 1. The molecule has 0 bridgehead atoms. The SMILES string of the molecule is C[C@@H]1CN(c2cc(F)c(F)c(F)c2)CCN1C(=O)NCCC1CCN(Cc2cccs2)CC1. The Hall–Kier alpha value is -2.26. The fraction of sp³-hybridized carbons (Fsp3) is 0.542. The molecule has 5 nitrogen and oxygen atoms in total. The Morgan fingerprint density at radius 3 is 2.48 bits per heavy atom. The molecule has 1 N–H and O–H groups in total. The minimum Gasteiger partial charge on any atom is -0.368 e. The number of carbonyl (C=O) groups excluding carboxylic acids is 1. The summed E-state index contributed by atoms with van der Waals surface area (Å²) < 4.78 is 40.4. The van der Waals surface area contributed by atoms with Gasteiger partial charge in [0.25, 0.3) is 0 Å². The van der Waals surface area contributed by atoms with Gasteiger partial charge in [-0.2, -0.15) is 0 Å². The van der Waals surface area contributed by atoms with Gasteiger partial charge in [-0.3, -0.25) is 4.90 Å². The van der Waals surface area contributed by atoms with Crippen LogP contribution in [0.5, 0.6) is 0 Å². The maximum absolute atomic E-state index is 13.6. The number of carbonyl (C=O) groups is 1. The molecule has 1 aromatic carbocycles. The Balaban J connectivity index is 1.18. The lowest BCUT2D eigenvalue weighted by atomic mass is 9.93. The van der Waals surface area contributed by atoms with Crippen LogP contribution in [0.1, 0.15) is 31.1 Å². The van der Waals surface area contributed by atoms with Gasteiger partial charge in [0, 0.05) is 61.5 Å². The molecule has 180 valence electrons. The molecule has 0 spiro atoms. The number of anilines is 1. The van der Waals surface area contributed by atoms with Crippen molar-refractivity contribution in [3.05, 3.63) is 52.0 Å². The second kappa shape index (κ2) is 10.8. The molecular weight excluding hydrogens is 449 g/mol. The van der Waals surface area contributed by atoms with Crippen molar-refractivity contribution in [3.8, 4) is 0 Å². The van der Waals surface area contributed by atoms with Crippen molar-refractivity contribution < 1.29 is 18.0 Å². The number of rotatable bonds is 6. The van der Waals surface area contributed by atoms with Crippen molar-refractivity contribution in [1.29, 1.82) is 0 Å². The highest BCUT2D eigenvalue weighted by Gasteiger charge is 2.28. The Morgan fingerprint density at radius 2 is 1.85 bits per heavy atom. The highest BCUT2D eigenvalue weighted by atomic mass is 32.1. The standard InChI is InChI=1S/C24H31F3N4OS/c1-17-15-30(19-13-21(25)23(27)22(26)14-19)10-11-31(17)24(32)28-7-4-18-5-8-29(9-6-18)16-20-3-2-12-33-20/h2-3,12-14,17-18H,4-11,15-16H2,1H3,(H,28,32)/t17-/m1/s1. The average Bonchev–Trinajstić information content (AvgIpc) is 3.31. The number of nitrogens with zero attached hydrogens (tertiary/aromatic N) is 3. The summed E-state index contributed by atoms with van der Waals surface area (Å²) in [5.41, 5.74) is 0.295. The number of likely N-dealkylation sites (tertiary alicyclic amines) is 1. The van der Waals surface area contributed by atoms with Gasteiger partial charge in [-0.25, -0.2) is 18.0 Å². The number of amides is 2. The number of piperidine rings is 1. The molecule has 0 unspecified atom stereocenters. The number of piperazine rings is 1. The Labute approximate surface area is 197 Å². The fourth-order valence-corrected chi connectivity index (χ4v) is 5.51. The molecule has 0 saturated carbocycles. The largest absolute Gasteiger partial charge is 0.368 e. The highest BCUT2D eigenvalue weighted by molar-refractivity contribution is 7.09. The number of benzene rings is 1. The van der Waals surface area contributed by atoms with E-state index in [1.807, 2.05) is 6.92 Å². The Bertz CT molecular complexity index is 911. The average molecular weight is 481 g/mol. The van der Waals surface area contributed by atoms with Crippen LogP contribution in [0.2, 0.25) is 0 Å². The zero-order valence-corrected chi connectivity index (χ0v) is 19.7. The summed E-state index contributed by atoms with van der Waals surface area (Å²) in [4.78, 5) is 20.1. The first-order valence-electron chi connectivity index (χ1n) is 11.6. The van der Waals surface area contributed by atoms with E-state index in [4.69, 9.17) is 0 Å². The second-order valence-electron chi connectivity index (χ2n) is 9.03. The first-order chi connectivity index (χ1) is 15.9. The van der Waals surface area contributed by atoms with E-state index in [9.17, 15) is 18.0 Å². The second-order valence-corrected chi connectivity index (χ2v) is 10.1. The van der Waals surface area contributed by atoms with Gasteiger partial charge in [0.1, 0.15) is 0 Å². The van der Waals surface area contributed by atoms with E-state index in [1.54, 1.807) is 21.1 Å². The van der Waals surface area contributed by atoms with Gasteiger partial charge in [0.2, 0.25) is 0 Å². The van der Waals surface area contributed by atoms with E-state index >= 15 is 0 Å². The van der Waals surface area contributed by atoms with E-state index in [1.165, 1.54) is 4.88 Å². The maximum Gasteiger partial charge on any atom is 0.317 e. The van der Waals surface area contributed by atoms with Crippen LogP contribution >= 0.6 is 11.3 Å². The molecule has 3 heterocycles. The lowest BCUT2D eigenvalue weighted by Gasteiger charge is -2.41. The first kappa shape index (κ1) is 23.9. The Morgan fingerprint density at radius 1 is 1.12 bits per heavy atom. The quantitative estimate of drug-likeness (QED) is 0.610. The molecule has 0 radical (unpaired) electrons. The van der Waals surface area contributed by atoms with Gasteiger partial charge in [-0.1, -0.05) is 6.07 Å². The van der Waals surface area contributed by atoms with Gasteiger partial charge in [-0.05, 0) is 56.6 Å². The summed E-state index contributed by atoms with van der Waals surface area (Å²) in [5, 5.41) is 5.16. The maximum atomic E-state index is 13.6. The molecule has 1 aromatic heterocycles. The molecule has 9 heteroatoms. The monoisotopic (exact) mass is 480 g/mol. The van der Waals surface area contributed by atoms with Crippen LogP contribution in [0.15, 0.2) is 29.6 Å². The predicted octanol–water partition coefficient (Wildman–Crippen LogP) is 4.69. The van der Waals surface area contributed by atoms with E-state index in [-0.39, 0.29) is 12.1 Å². The van der Waals surface area contributed by atoms with E-state index in [2.05, 4.69) is 27.7 Å². The fourth-order valence-electron chi connectivity index (χ4n) is 4.76. The number of hydrogen-bond acceptors (Lipinski definition) is 4. The minimum absolute atomic E-state index is 0.103. The van der Waals surface area contributed by atoms with Gasteiger partial charge < -0.3 is 15.1 Å². The number of nitrogens with one attached hydrogen (secondary N) is 1. The number of urea groups is 1. The topological polar surface area (TPSA) is 38.8 Å². The third-order valence-electron chi connectivity index (χ3n) is 6.72. The van der Waals surface area contributed by atoms with Crippen LogP contribution < -0.4 is 10.2 Å². The van der Waals surface area contributed by atoms with Crippen LogP contribution in [0.25, 0.3) is 0 Å². The zero-order chi connectivity index (χ0) is 23.4. The summed E-state index contributed by atoms with van der Waals surface area (Å²) in [6, 6.07) is 6.06. The third-order valence-corrected chi connectivity index (χ3v) is 7.58. The van der Waals surface area contributed by atoms with Gasteiger partial charge >= 0.3 is 6.03 Å². The summed E-state index contributed by atoms with van der Waals surface area (Å²) in [5.74, 6) is -3.23. The van der Waals surface area contributed by atoms with Crippen molar-refractivity contribution in [2.45, 2.75) is 38.8 Å². The predicted molar refractivity (Wildman–Crippen MR) is 125 cm³/mol. The smallest absolute Gasteiger partial charge is 0.317 e. The van der Waals surface area contributed by atoms with E-state index < -0.39 is 17.5 Å². The summed E-state index contributed by atoms with van der Waals surface area (Å²) in [7, 11) is 0. The molecule has 2 aromatic rings. The molecule has 2 fully saturated rings. The molecule has 0 aliphatic carbocycles. The van der Waals surface area contributed by atoms with E-state index in [0.29, 0.717) is 37.8 Å². The summed E-state index contributed by atoms with van der Waals surface area (Å²) in [6.45, 7) is 7.09. The van der Waals surface area contributed by atoms with Crippen LogP contribution in [0, 0.1) is 23.4 Å². The third kappa shape index (κ3) is 6.00. The molecule has 2 aliphatic heterocycles. The highest BCUT2D eigenvalue weighted by Crippen LogP contribution is 2.25. The van der Waals surface area contributed by atoms with Gasteiger partial charge in [-0.15, -0.1) is 11.3 Å². The van der Waals surface area contributed by atoms with Crippen molar-refractivity contribution in [3.63, 3.8) is 0 Å². The number of halogens is 3. The molecule has 4 rings (SSSR count). The molecule has 1 atom stereocenters. The lowest BCUT2D eigenvalue weighted by Crippen LogP contribution is -2.56. The molecular formula is C24H31F3N4OS. The van der Waals surface area contributed by atoms with Crippen molar-refractivity contribution in [2.24, 2.45) is 5.92 Å². The number of thiophene rings is 1. The first-order valence-corrected chi connectivity index (χ1v) is 12.5. The molecule has 2 amide bonds. The molecule has 33 heavy (non-hydrogen) atoms. The summed E-state index contributed by atoms with van der Waals surface area (Å²) in [6.07, 6.45) is 3.28. The normalized spacial score (nSPS) is 20.3. The van der Waals surface area contributed by atoms with Crippen molar-refractivity contribution in [2.75, 3.05) is 44.2 Å². The molecule has 2 saturated heterocycles. The van der Waals surface area contributed by atoms with Crippen LogP contribution in [0.4, 0.5) is 23.7 Å². The van der Waals surface area contributed by atoms with Crippen LogP contribution in [-0.2, 0) is 6.54 Å². The van der Waals surface area contributed by atoms with E-state index in [0.717, 1.165) is 51.0 Å². The minimum atomic E-state index is -1.46. The van der Waals surface area contributed by atoms with Gasteiger partial charge in [0.15, 0.2) is 17.5 Å².